The van der Waals surface area contributed by atoms with E-state index >= 15 is 0 Å². The van der Waals surface area contributed by atoms with E-state index in [1.807, 2.05) is 6.07 Å². The topological polar surface area (TPSA) is 73.2 Å². The number of nitrogens with zero attached hydrogens (tertiary/aromatic N) is 2. The van der Waals surface area contributed by atoms with Gasteiger partial charge in [0.1, 0.15) is 11.6 Å². The lowest BCUT2D eigenvalue weighted by Gasteiger charge is -2.14. The second-order valence-corrected chi connectivity index (χ2v) is 7.97. The molecular weight excluding hydrogens is 429 g/mol. The highest BCUT2D eigenvalue weighted by atomic mass is 32.2. The zero-order valence-electron chi connectivity index (χ0n) is 17.5. The zero-order valence-corrected chi connectivity index (χ0v) is 18.3. The van der Waals surface area contributed by atoms with Crippen molar-refractivity contribution in [3.05, 3.63) is 88.5 Å². The van der Waals surface area contributed by atoms with Crippen LogP contribution in [-0.2, 0) is 4.79 Å². The number of rotatable bonds is 6. The molecule has 162 valence electrons. The first kappa shape index (κ1) is 21.6. The SMILES string of the molecule is COc1ccccc1NC(=O)CSc1nc2ccccc2c(=O)n1-c1ccc(C)c(F)c1. The first-order valence-corrected chi connectivity index (χ1v) is 10.8. The van der Waals surface area contributed by atoms with Crippen LogP contribution in [0.3, 0.4) is 0 Å². The number of aryl methyl sites for hydroxylation is 1. The third-order valence-electron chi connectivity index (χ3n) is 4.87. The van der Waals surface area contributed by atoms with E-state index in [1.165, 1.54) is 17.7 Å². The number of para-hydroxylation sites is 3. The van der Waals surface area contributed by atoms with Gasteiger partial charge in [0, 0.05) is 0 Å². The van der Waals surface area contributed by atoms with Gasteiger partial charge in [0.05, 0.1) is 35.1 Å². The van der Waals surface area contributed by atoms with E-state index in [4.69, 9.17) is 4.74 Å². The molecule has 0 aliphatic carbocycles. The smallest absolute Gasteiger partial charge is 0.266 e. The highest BCUT2D eigenvalue weighted by Crippen LogP contribution is 2.25. The number of carbonyl (C=O) groups excluding carboxylic acids is 1. The van der Waals surface area contributed by atoms with Gasteiger partial charge in [0.2, 0.25) is 5.91 Å². The van der Waals surface area contributed by atoms with Crippen LogP contribution in [0, 0.1) is 12.7 Å². The minimum atomic E-state index is -0.424. The van der Waals surface area contributed by atoms with Crippen molar-refractivity contribution in [1.29, 1.82) is 0 Å². The molecule has 0 unspecified atom stereocenters. The normalized spacial score (nSPS) is 10.8. The minimum absolute atomic E-state index is 0.00281. The number of halogens is 1. The molecule has 3 aromatic carbocycles. The van der Waals surface area contributed by atoms with Crippen molar-refractivity contribution in [1.82, 2.24) is 9.55 Å². The van der Waals surface area contributed by atoms with Crippen molar-refractivity contribution in [3.8, 4) is 11.4 Å². The second kappa shape index (κ2) is 9.23. The van der Waals surface area contributed by atoms with Gasteiger partial charge in [-0.05, 0) is 48.9 Å². The fraction of sp³-hybridized carbons (Fsp3) is 0.125. The lowest BCUT2D eigenvalue weighted by molar-refractivity contribution is -0.113. The number of anilines is 1. The standard InChI is InChI=1S/C24H20FN3O3S/c1-15-11-12-16(13-18(15)25)28-23(30)17-7-3-4-8-19(17)27-24(28)32-14-22(29)26-20-9-5-6-10-21(20)31-2/h3-13H,14H2,1-2H3,(H,26,29). The van der Waals surface area contributed by atoms with E-state index in [9.17, 15) is 14.0 Å². The minimum Gasteiger partial charge on any atom is -0.495 e. The van der Waals surface area contributed by atoms with E-state index in [0.29, 0.717) is 38.7 Å². The molecule has 0 saturated heterocycles. The van der Waals surface area contributed by atoms with Crippen LogP contribution in [0.4, 0.5) is 10.1 Å². The van der Waals surface area contributed by atoms with Crippen molar-refractivity contribution >= 4 is 34.3 Å². The Morgan fingerprint density at radius 1 is 1.12 bits per heavy atom. The third-order valence-corrected chi connectivity index (χ3v) is 5.81. The Balaban J connectivity index is 1.69. The molecule has 0 atom stereocenters. The Labute approximate surface area is 188 Å². The summed E-state index contributed by atoms with van der Waals surface area (Å²) in [7, 11) is 1.53. The summed E-state index contributed by atoms with van der Waals surface area (Å²) in [4.78, 5) is 30.4. The lowest BCUT2D eigenvalue weighted by Crippen LogP contribution is -2.23. The van der Waals surface area contributed by atoms with Crippen LogP contribution in [-0.4, -0.2) is 28.3 Å². The average Bonchev–Trinajstić information content (AvgIpc) is 2.80. The number of aromatic nitrogens is 2. The summed E-state index contributed by atoms with van der Waals surface area (Å²) in [5, 5.41) is 3.51. The number of ether oxygens (including phenoxy) is 1. The molecule has 0 fully saturated rings. The van der Waals surface area contributed by atoms with Crippen molar-refractivity contribution in [2.24, 2.45) is 0 Å². The monoisotopic (exact) mass is 449 g/mol. The molecule has 0 radical (unpaired) electrons. The van der Waals surface area contributed by atoms with Gasteiger partial charge in [-0.3, -0.25) is 14.2 Å². The Morgan fingerprint density at radius 3 is 2.66 bits per heavy atom. The summed E-state index contributed by atoms with van der Waals surface area (Å²) in [6, 6.07) is 18.6. The highest BCUT2D eigenvalue weighted by Gasteiger charge is 2.16. The second-order valence-electron chi connectivity index (χ2n) is 7.02. The summed E-state index contributed by atoms with van der Waals surface area (Å²) in [5.74, 6) is -0.172. The van der Waals surface area contributed by atoms with E-state index < -0.39 is 5.82 Å². The largest absolute Gasteiger partial charge is 0.495 e. The molecule has 0 saturated carbocycles. The summed E-state index contributed by atoms with van der Waals surface area (Å²) in [6.45, 7) is 1.65. The van der Waals surface area contributed by atoms with Crippen LogP contribution >= 0.6 is 11.8 Å². The van der Waals surface area contributed by atoms with Gasteiger partial charge in [-0.25, -0.2) is 9.37 Å². The first-order chi connectivity index (χ1) is 15.5. The molecule has 1 N–H and O–H groups in total. The molecule has 6 nitrogen and oxygen atoms in total. The van der Waals surface area contributed by atoms with Gasteiger partial charge in [-0.15, -0.1) is 0 Å². The molecule has 1 aromatic heterocycles. The fourth-order valence-corrected chi connectivity index (χ4v) is 4.03. The molecule has 0 bridgehead atoms. The Hall–Kier alpha value is -3.65. The Morgan fingerprint density at radius 2 is 1.88 bits per heavy atom. The quantitative estimate of drug-likeness (QED) is 0.345. The van der Waals surface area contributed by atoms with E-state index in [1.54, 1.807) is 61.5 Å². The van der Waals surface area contributed by atoms with Crippen LogP contribution in [0.5, 0.6) is 5.75 Å². The first-order valence-electron chi connectivity index (χ1n) is 9.82. The molecule has 8 heteroatoms. The molecule has 4 aromatic rings. The van der Waals surface area contributed by atoms with Crippen LogP contribution in [0.1, 0.15) is 5.56 Å². The molecule has 4 rings (SSSR count). The number of hydrogen-bond acceptors (Lipinski definition) is 5. The summed E-state index contributed by atoms with van der Waals surface area (Å²) < 4.78 is 20.8. The predicted molar refractivity (Wildman–Crippen MR) is 124 cm³/mol. The molecule has 0 spiro atoms. The number of fused-ring (bicyclic) bond motifs is 1. The number of hydrogen-bond donors (Lipinski definition) is 1. The maximum Gasteiger partial charge on any atom is 0.266 e. The molecule has 1 heterocycles. The van der Waals surface area contributed by atoms with Gasteiger partial charge in [0.15, 0.2) is 5.16 Å². The Bertz CT molecular complexity index is 1370. The van der Waals surface area contributed by atoms with Crippen LogP contribution in [0.15, 0.2) is 76.7 Å². The summed E-state index contributed by atoms with van der Waals surface area (Å²) in [6.07, 6.45) is 0. The predicted octanol–water partition coefficient (Wildman–Crippen LogP) is 4.57. The molecule has 1 amide bonds. The zero-order chi connectivity index (χ0) is 22.7. The number of amides is 1. The average molecular weight is 450 g/mol. The third kappa shape index (κ3) is 4.36. The van der Waals surface area contributed by atoms with Crippen molar-refractivity contribution in [3.63, 3.8) is 0 Å². The maximum absolute atomic E-state index is 14.3. The number of nitrogens with one attached hydrogen (secondary N) is 1. The van der Waals surface area contributed by atoms with Gasteiger partial charge < -0.3 is 10.1 Å². The number of methoxy groups -OCH3 is 1. The maximum atomic E-state index is 14.3. The number of thioether (sulfide) groups is 1. The molecule has 32 heavy (non-hydrogen) atoms. The Kier molecular flexibility index (Phi) is 6.23. The molecule has 0 aliphatic rings. The number of benzene rings is 3. The van der Waals surface area contributed by atoms with Gasteiger partial charge in [-0.2, -0.15) is 0 Å². The lowest BCUT2D eigenvalue weighted by atomic mass is 10.2. The number of carbonyl (C=O) groups is 1. The van der Waals surface area contributed by atoms with Gasteiger partial charge in [0.25, 0.3) is 5.56 Å². The van der Waals surface area contributed by atoms with Crippen LogP contribution in [0.25, 0.3) is 16.6 Å². The molecule has 0 aliphatic heterocycles. The van der Waals surface area contributed by atoms with E-state index in [2.05, 4.69) is 10.3 Å². The van der Waals surface area contributed by atoms with Crippen LogP contribution < -0.4 is 15.6 Å². The van der Waals surface area contributed by atoms with Gasteiger partial charge >= 0.3 is 0 Å². The van der Waals surface area contributed by atoms with Crippen molar-refractivity contribution < 1.29 is 13.9 Å². The van der Waals surface area contributed by atoms with E-state index in [0.717, 1.165) is 11.8 Å². The van der Waals surface area contributed by atoms with Crippen LogP contribution in [0.2, 0.25) is 0 Å². The summed E-state index contributed by atoms with van der Waals surface area (Å²) in [5.41, 5.74) is 1.55. The summed E-state index contributed by atoms with van der Waals surface area (Å²) >= 11 is 1.10. The van der Waals surface area contributed by atoms with E-state index in [-0.39, 0.29) is 17.2 Å². The fourth-order valence-electron chi connectivity index (χ4n) is 3.22. The molecular formula is C24H20FN3O3S. The van der Waals surface area contributed by atoms with Crippen molar-refractivity contribution in [2.75, 3.05) is 18.2 Å². The van der Waals surface area contributed by atoms with Crippen molar-refractivity contribution in [2.45, 2.75) is 12.1 Å². The van der Waals surface area contributed by atoms with Gasteiger partial charge in [-0.1, -0.05) is 42.1 Å². The highest BCUT2D eigenvalue weighted by molar-refractivity contribution is 7.99.